The summed E-state index contributed by atoms with van der Waals surface area (Å²) in [6, 6.07) is 8.35. The fourth-order valence-corrected chi connectivity index (χ4v) is 3.57. The van der Waals surface area contributed by atoms with Gasteiger partial charge in [-0.3, -0.25) is 9.48 Å². The predicted octanol–water partition coefficient (Wildman–Crippen LogP) is 2.82. The number of nitrogens with one attached hydrogen (secondary N) is 1. The Hall–Kier alpha value is -1.66. The third kappa shape index (κ3) is 4.05. The van der Waals surface area contributed by atoms with E-state index >= 15 is 0 Å². The second kappa shape index (κ2) is 7.49. The smallest absolute Gasteiger partial charge is 0.241 e. The van der Waals surface area contributed by atoms with E-state index in [0.29, 0.717) is 6.54 Å². The minimum absolute atomic E-state index is 0.0148. The van der Waals surface area contributed by atoms with Gasteiger partial charge in [-0.25, -0.2) is 0 Å². The Morgan fingerprint density at radius 3 is 2.88 bits per heavy atom. The average molecular weight is 392 g/mol. The second-order valence-electron chi connectivity index (χ2n) is 6.40. The van der Waals surface area contributed by atoms with Gasteiger partial charge in [0.25, 0.3) is 0 Å². The van der Waals surface area contributed by atoms with Crippen LogP contribution in [0.15, 0.2) is 41.1 Å². The molecular weight excluding hydrogens is 370 g/mol. The van der Waals surface area contributed by atoms with Crippen LogP contribution in [0.4, 0.5) is 0 Å². The van der Waals surface area contributed by atoms with Crippen molar-refractivity contribution in [3.05, 3.63) is 52.3 Å². The first kappa shape index (κ1) is 17.2. The summed E-state index contributed by atoms with van der Waals surface area (Å²) in [4.78, 5) is 12.3. The van der Waals surface area contributed by atoms with E-state index in [1.807, 2.05) is 25.3 Å². The van der Waals surface area contributed by atoms with Gasteiger partial charge in [0.2, 0.25) is 5.91 Å². The van der Waals surface area contributed by atoms with Crippen LogP contribution in [0, 0.1) is 6.92 Å². The van der Waals surface area contributed by atoms with Crippen molar-refractivity contribution in [2.75, 3.05) is 19.8 Å². The van der Waals surface area contributed by atoms with Gasteiger partial charge in [0.05, 0.1) is 6.20 Å². The monoisotopic (exact) mass is 391 g/mol. The highest BCUT2D eigenvalue weighted by atomic mass is 79.9. The fraction of sp³-hybridized carbons (Fsp3) is 0.444. The molecule has 0 bridgehead atoms. The zero-order chi connectivity index (χ0) is 17.0. The SMILES string of the molecule is Cc1cnn(CC(=O)NCC2(c3cccc(Br)c3)CCOCC2)c1. The Labute approximate surface area is 150 Å². The number of nitrogens with zero attached hydrogens (tertiary/aromatic N) is 2. The molecule has 6 heteroatoms. The number of aromatic nitrogens is 2. The number of ether oxygens (including phenoxy) is 1. The molecule has 0 spiro atoms. The number of halogens is 1. The molecule has 1 fully saturated rings. The number of benzene rings is 1. The van der Waals surface area contributed by atoms with Gasteiger partial charge < -0.3 is 10.1 Å². The highest BCUT2D eigenvalue weighted by molar-refractivity contribution is 9.10. The summed E-state index contributed by atoms with van der Waals surface area (Å²) in [7, 11) is 0. The third-order valence-corrected chi connectivity index (χ3v) is 5.07. The molecule has 1 aliphatic heterocycles. The topological polar surface area (TPSA) is 56.2 Å². The maximum absolute atomic E-state index is 12.3. The average Bonchev–Trinajstić information content (AvgIpc) is 2.99. The molecule has 0 radical (unpaired) electrons. The van der Waals surface area contributed by atoms with Crippen molar-refractivity contribution in [3.8, 4) is 0 Å². The minimum Gasteiger partial charge on any atom is -0.381 e. The molecule has 0 aliphatic carbocycles. The highest BCUT2D eigenvalue weighted by Gasteiger charge is 2.35. The molecule has 2 aromatic rings. The van der Waals surface area contributed by atoms with Gasteiger partial charge in [0.1, 0.15) is 6.54 Å². The lowest BCUT2D eigenvalue weighted by Gasteiger charge is -2.38. The van der Waals surface area contributed by atoms with Crippen LogP contribution in [0.25, 0.3) is 0 Å². The van der Waals surface area contributed by atoms with Crippen LogP contribution in [0.3, 0.4) is 0 Å². The van der Waals surface area contributed by atoms with Crippen LogP contribution in [-0.4, -0.2) is 35.4 Å². The Kier molecular flexibility index (Phi) is 5.36. The molecule has 0 atom stereocenters. The molecule has 1 aromatic heterocycles. The van der Waals surface area contributed by atoms with Crippen LogP contribution < -0.4 is 5.32 Å². The Bertz CT molecular complexity index is 708. The van der Waals surface area contributed by atoms with E-state index in [1.165, 1.54) is 5.56 Å². The first-order valence-electron chi connectivity index (χ1n) is 8.17. The van der Waals surface area contributed by atoms with Crippen molar-refractivity contribution < 1.29 is 9.53 Å². The van der Waals surface area contributed by atoms with E-state index in [4.69, 9.17) is 4.74 Å². The normalized spacial score (nSPS) is 16.8. The Morgan fingerprint density at radius 2 is 2.21 bits per heavy atom. The number of hydrogen-bond acceptors (Lipinski definition) is 3. The van der Waals surface area contributed by atoms with E-state index in [-0.39, 0.29) is 17.9 Å². The number of amides is 1. The largest absolute Gasteiger partial charge is 0.381 e. The lowest BCUT2D eigenvalue weighted by Crippen LogP contribution is -2.45. The zero-order valence-electron chi connectivity index (χ0n) is 13.8. The van der Waals surface area contributed by atoms with Crippen molar-refractivity contribution in [3.63, 3.8) is 0 Å². The number of hydrogen-bond donors (Lipinski definition) is 1. The van der Waals surface area contributed by atoms with Crippen LogP contribution in [0.2, 0.25) is 0 Å². The standard InChI is InChI=1S/C18H22BrN3O2/c1-14-10-21-22(11-14)12-17(23)20-13-18(5-7-24-8-6-18)15-3-2-4-16(19)9-15/h2-4,9-11H,5-8,12-13H2,1H3,(H,20,23). The Morgan fingerprint density at radius 1 is 1.42 bits per heavy atom. The van der Waals surface area contributed by atoms with Crippen molar-refractivity contribution in [2.45, 2.75) is 31.7 Å². The zero-order valence-corrected chi connectivity index (χ0v) is 15.4. The third-order valence-electron chi connectivity index (χ3n) is 4.58. The van der Waals surface area contributed by atoms with E-state index in [0.717, 1.165) is 36.1 Å². The molecular formula is C18H22BrN3O2. The molecule has 128 valence electrons. The fourth-order valence-electron chi connectivity index (χ4n) is 3.17. The molecule has 1 amide bonds. The van der Waals surface area contributed by atoms with E-state index in [9.17, 15) is 4.79 Å². The predicted molar refractivity (Wildman–Crippen MR) is 95.8 cm³/mol. The van der Waals surface area contributed by atoms with Crippen LogP contribution >= 0.6 is 15.9 Å². The minimum atomic E-state index is -0.0717. The van der Waals surface area contributed by atoms with E-state index in [1.54, 1.807) is 10.9 Å². The van der Waals surface area contributed by atoms with Crippen molar-refractivity contribution in [1.82, 2.24) is 15.1 Å². The maximum atomic E-state index is 12.3. The highest BCUT2D eigenvalue weighted by Crippen LogP contribution is 2.35. The summed E-state index contributed by atoms with van der Waals surface area (Å²) in [6.45, 7) is 4.28. The lowest BCUT2D eigenvalue weighted by molar-refractivity contribution is -0.122. The van der Waals surface area contributed by atoms with Crippen molar-refractivity contribution in [2.24, 2.45) is 0 Å². The summed E-state index contributed by atoms with van der Waals surface area (Å²) in [6.07, 6.45) is 5.45. The summed E-state index contributed by atoms with van der Waals surface area (Å²) in [5.74, 6) is -0.0148. The molecule has 0 saturated carbocycles. The van der Waals surface area contributed by atoms with E-state index in [2.05, 4.69) is 38.5 Å². The summed E-state index contributed by atoms with van der Waals surface area (Å²) in [5, 5.41) is 7.27. The molecule has 24 heavy (non-hydrogen) atoms. The van der Waals surface area contributed by atoms with Crippen LogP contribution in [0.5, 0.6) is 0 Å². The van der Waals surface area contributed by atoms with Crippen molar-refractivity contribution in [1.29, 1.82) is 0 Å². The number of carbonyl (C=O) groups excluding carboxylic acids is 1. The van der Waals surface area contributed by atoms with Gasteiger partial charge in [0, 0.05) is 35.8 Å². The molecule has 2 heterocycles. The quantitative estimate of drug-likeness (QED) is 0.852. The number of rotatable bonds is 5. The lowest BCUT2D eigenvalue weighted by atomic mass is 9.74. The van der Waals surface area contributed by atoms with Gasteiger partial charge in [-0.2, -0.15) is 5.10 Å². The van der Waals surface area contributed by atoms with Crippen LogP contribution in [0.1, 0.15) is 24.0 Å². The molecule has 0 unspecified atom stereocenters. The Balaban J connectivity index is 1.69. The van der Waals surface area contributed by atoms with E-state index < -0.39 is 0 Å². The number of carbonyl (C=O) groups is 1. The molecule has 3 rings (SSSR count). The molecule has 5 nitrogen and oxygen atoms in total. The molecule has 1 saturated heterocycles. The molecule has 1 N–H and O–H groups in total. The molecule has 1 aliphatic rings. The van der Waals surface area contributed by atoms with Gasteiger partial charge in [-0.1, -0.05) is 28.1 Å². The van der Waals surface area contributed by atoms with Crippen molar-refractivity contribution >= 4 is 21.8 Å². The summed E-state index contributed by atoms with van der Waals surface area (Å²) >= 11 is 3.55. The van der Waals surface area contributed by atoms with Gasteiger partial charge in [-0.15, -0.1) is 0 Å². The number of aryl methyl sites for hydroxylation is 1. The summed E-state index contributed by atoms with van der Waals surface area (Å²) < 4.78 is 8.27. The van der Waals surface area contributed by atoms with Gasteiger partial charge in [-0.05, 0) is 43.0 Å². The second-order valence-corrected chi connectivity index (χ2v) is 7.31. The first-order chi connectivity index (χ1) is 11.6. The maximum Gasteiger partial charge on any atom is 0.241 e. The first-order valence-corrected chi connectivity index (χ1v) is 8.96. The van der Waals surface area contributed by atoms with Crippen LogP contribution in [-0.2, 0) is 21.5 Å². The van der Waals surface area contributed by atoms with Gasteiger partial charge >= 0.3 is 0 Å². The summed E-state index contributed by atoms with van der Waals surface area (Å²) in [5.41, 5.74) is 2.23. The van der Waals surface area contributed by atoms with Gasteiger partial charge in [0.15, 0.2) is 0 Å². The molecule has 1 aromatic carbocycles.